The molecule has 0 radical (unpaired) electrons. The third-order valence-electron chi connectivity index (χ3n) is 3.19. The summed E-state index contributed by atoms with van der Waals surface area (Å²) in [5.41, 5.74) is 5.83. The number of ether oxygens (including phenoxy) is 1. The Labute approximate surface area is 155 Å². The third-order valence-corrected chi connectivity index (χ3v) is 3.66. The highest BCUT2D eigenvalue weighted by molar-refractivity contribution is 6.31. The Hall–Kier alpha value is -2.44. The summed E-state index contributed by atoms with van der Waals surface area (Å²) >= 11 is 11.7. The lowest BCUT2D eigenvalue weighted by Crippen LogP contribution is -2.48. The van der Waals surface area contributed by atoms with E-state index in [0.29, 0.717) is 21.5 Å². The van der Waals surface area contributed by atoms with Crippen molar-refractivity contribution in [1.82, 2.24) is 10.9 Å². The number of benzene rings is 2. The maximum absolute atomic E-state index is 12.0. The van der Waals surface area contributed by atoms with Crippen molar-refractivity contribution >= 4 is 40.8 Å². The molecule has 2 aromatic carbocycles. The second-order valence-corrected chi connectivity index (χ2v) is 6.12. The first kappa shape index (κ1) is 18.9. The number of rotatable bonds is 4. The average Bonchev–Trinajstić information content (AvgIpc) is 2.55. The maximum atomic E-state index is 12.0. The largest absolute Gasteiger partial charge is 0.481 e. The molecule has 2 aromatic rings. The zero-order valence-corrected chi connectivity index (χ0v) is 15.1. The van der Waals surface area contributed by atoms with Crippen molar-refractivity contribution in [2.45, 2.75) is 20.0 Å². The molecule has 25 heavy (non-hydrogen) atoms. The summed E-state index contributed by atoms with van der Waals surface area (Å²) in [6, 6.07) is 11.1. The second-order valence-electron chi connectivity index (χ2n) is 5.25. The van der Waals surface area contributed by atoms with Crippen LogP contribution in [0, 0.1) is 6.92 Å². The minimum Gasteiger partial charge on any atom is -0.481 e. The van der Waals surface area contributed by atoms with Crippen LogP contribution in [0.4, 0.5) is 10.5 Å². The Morgan fingerprint density at radius 2 is 1.76 bits per heavy atom. The number of nitrogens with one attached hydrogen (secondary N) is 3. The van der Waals surface area contributed by atoms with Crippen LogP contribution in [0.25, 0.3) is 0 Å². The summed E-state index contributed by atoms with van der Waals surface area (Å²) in [6.45, 7) is 3.39. The van der Waals surface area contributed by atoms with E-state index in [1.54, 1.807) is 49.4 Å². The van der Waals surface area contributed by atoms with Gasteiger partial charge in [0.2, 0.25) is 0 Å². The van der Waals surface area contributed by atoms with Gasteiger partial charge in [-0.3, -0.25) is 10.2 Å². The molecule has 1 unspecified atom stereocenters. The van der Waals surface area contributed by atoms with Gasteiger partial charge in [0.25, 0.3) is 5.91 Å². The van der Waals surface area contributed by atoms with E-state index in [9.17, 15) is 9.59 Å². The van der Waals surface area contributed by atoms with Crippen molar-refractivity contribution in [2.24, 2.45) is 0 Å². The van der Waals surface area contributed by atoms with E-state index < -0.39 is 18.0 Å². The van der Waals surface area contributed by atoms with Gasteiger partial charge in [0.1, 0.15) is 5.75 Å². The standard InChI is InChI=1S/C17H17Cl2N3O3/c1-10-8-13(19)6-7-15(10)25-11(2)16(23)21-22-17(24)20-14-5-3-4-12(18)9-14/h3-9,11H,1-2H3,(H,21,23)(H2,20,22,24). The van der Waals surface area contributed by atoms with Gasteiger partial charge in [-0.1, -0.05) is 29.3 Å². The smallest absolute Gasteiger partial charge is 0.337 e. The van der Waals surface area contributed by atoms with Gasteiger partial charge in [0.05, 0.1) is 0 Å². The molecule has 0 aliphatic heterocycles. The van der Waals surface area contributed by atoms with Crippen LogP contribution in [0.15, 0.2) is 42.5 Å². The summed E-state index contributed by atoms with van der Waals surface area (Å²) < 4.78 is 5.57. The Balaban J connectivity index is 1.83. The molecule has 0 saturated carbocycles. The van der Waals surface area contributed by atoms with Crippen molar-refractivity contribution in [3.8, 4) is 5.75 Å². The number of amides is 3. The number of aryl methyl sites for hydroxylation is 1. The van der Waals surface area contributed by atoms with Crippen molar-refractivity contribution in [2.75, 3.05) is 5.32 Å². The number of hydrogen-bond donors (Lipinski definition) is 3. The van der Waals surface area contributed by atoms with Gasteiger partial charge in [-0.25, -0.2) is 10.2 Å². The fraction of sp³-hybridized carbons (Fsp3) is 0.176. The Bertz CT molecular complexity index is 783. The highest BCUT2D eigenvalue weighted by Crippen LogP contribution is 2.22. The van der Waals surface area contributed by atoms with Crippen LogP contribution in [-0.2, 0) is 4.79 Å². The summed E-state index contributed by atoms with van der Waals surface area (Å²) in [6.07, 6.45) is -0.814. The van der Waals surface area contributed by atoms with Crippen molar-refractivity contribution < 1.29 is 14.3 Å². The molecular weight excluding hydrogens is 365 g/mol. The van der Waals surface area contributed by atoms with Gasteiger partial charge >= 0.3 is 6.03 Å². The van der Waals surface area contributed by atoms with Crippen LogP contribution in [0.2, 0.25) is 10.0 Å². The van der Waals surface area contributed by atoms with Crippen LogP contribution >= 0.6 is 23.2 Å². The maximum Gasteiger partial charge on any atom is 0.337 e. The molecule has 6 nitrogen and oxygen atoms in total. The van der Waals surface area contributed by atoms with Gasteiger partial charge < -0.3 is 10.1 Å². The van der Waals surface area contributed by atoms with E-state index in [1.807, 2.05) is 6.92 Å². The number of halogens is 2. The zero-order chi connectivity index (χ0) is 18.4. The highest BCUT2D eigenvalue weighted by atomic mass is 35.5. The fourth-order valence-corrected chi connectivity index (χ4v) is 2.35. The SMILES string of the molecule is Cc1cc(Cl)ccc1OC(C)C(=O)NNC(=O)Nc1cccc(Cl)c1. The molecular formula is C17H17Cl2N3O3. The van der Waals surface area contributed by atoms with Crippen molar-refractivity contribution in [3.63, 3.8) is 0 Å². The van der Waals surface area contributed by atoms with Crippen LogP contribution in [0.1, 0.15) is 12.5 Å². The first-order valence-corrected chi connectivity index (χ1v) is 8.16. The molecule has 0 bridgehead atoms. The van der Waals surface area contributed by atoms with E-state index >= 15 is 0 Å². The molecule has 3 amide bonds. The van der Waals surface area contributed by atoms with E-state index in [0.717, 1.165) is 5.56 Å². The second kappa shape index (κ2) is 8.60. The lowest BCUT2D eigenvalue weighted by molar-refractivity contribution is -0.127. The molecule has 0 aliphatic rings. The number of hydrogen-bond acceptors (Lipinski definition) is 3. The summed E-state index contributed by atoms with van der Waals surface area (Å²) in [5.74, 6) is 0.0334. The first-order valence-electron chi connectivity index (χ1n) is 7.40. The van der Waals surface area contributed by atoms with Gasteiger partial charge in [-0.15, -0.1) is 0 Å². The Kier molecular flexibility index (Phi) is 6.50. The molecule has 8 heteroatoms. The first-order chi connectivity index (χ1) is 11.8. The molecule has 0 heterocycles. The normalized spacial score (nSPS) is 11.4. The number of carbonyl (C=O) groups is 2. The van der Waals surface area contributed by atoms with E-state index in [4.69, 9.17) is 27.9 Å². The van der Waals surface area contributed by atoms with Crippen LogP contribution in [0.5, 0.6) is 5.75 Å². The number of anilines is 1. The van der Waals surface area contributed by atoms with E-state index in [2.05, 4.69) is 16.2 Å². The third kappa shape index (κ3) is 5.85. The monoisotopic (exact) mass is 381 g/mol. The molecule has 0 saturated heterocycles. The predicted octanol–water partition coefficient (Wildman–Crippen LogP) is 3.92. The summed E-state index contributed by atoms with van der Waals surface area (Å²) in [7, 11) is 0. The topological polar surface area (TPSA) is 79.5 Å². The van der Waals surface area contributed by atoms with Crippen LogP contribution < -0.4 is 20.9 Å². The summed E-state index contributed by atoms with van der Waals surface area (Å²) in [5, 5.41) is 3.61. The van der Waals surface area contributed by atoms with E-state index in [-0.39, 0.29) is 0 Å². The van der Waals surface area contributed by atoms with Crippen molar-refractivity contribution in [3.05, 3.63) is 58.1 Å². The number of urea groups is 1. The van der Waals surface area contributed by atoms with Crippen molar-refractivity contribution in [1.29, 1.82) is 0 Å². The molecule has 0 aromatic heterocycles. The highest BCUT2D eigenvalue weighted by Gasteiger charge is 2.16. The number of carbonyl (C=O) groups excluding carboxylic acids is 2. The summed E-state index contributed by atoms with van der Waals surface area (Å²) in [4.78, 5) is 23.8. The molecule has 3 N–H and O–H groups in total. The molecule has 132 valence electrons. The van der Waals surface area contributed by atoms with Gasteiger partial charge in [0.15, 0.2) is 6.10 Å². The molecule has 2 rings (SSSR count). The molecule has 0 fully saturated rings. The average molecular weight is 382 g/mol. The minimum atomic E-state index is -0.814. The Morgan fingerprint density at radius 3 is 2.44 bits per heavy atom. The predicted molar refractivity (Wildman–Crippen MR) is 98.0 cm³/mol. The lowest BCUT2D eigenvalue weighted by Gasteiger charge is -2.17. The fourth-order valence-electron chi connectivity index (χ4n) is 1.94. The number of hydrazine groups is 1. The molecule has 1 atom stereocenters. The van der Waals surface area contributed by atoms with Gasteiger partial charge in [-0.05, 0) is 55.8 Å². The Morgan fingerprint density at radius 1 is 1.04 bits per heavy atom. The zero-order valence-electron chi connectivity index (χ0n) is 13.6. The van der Waals surface area contributed by atoms with Crippen LogP contribution in [-0.4, -0.2) is 18.0 Å². The minimum absolute atomic E-state index is 0.488. The van der Waals surface area contributed by atoms with E-state index in [1.165, 1.54) is 0 Å². The quantitative estimate of drug-likeness (QED) is 0.702. The molecule has 0 spiro atoms. The lowest BCUT2D eigenvalue weighted by atomic mass is 10.2. The van der Waals surface area contributed by atoms with Crippen LogP contribution in [0.3, 0.4) is 0 Å². The molecule has 0 aliphatic carbocycles. The van der Waals surface area contributed by atoms with Gasteiger partial charge in [-0.2, -0.15) is 0 Å². The van der Waals surface area contributed by atoms with Gasteiger partial charge in [0, 0.05) is 15.7 Å².